The van der Waals surface area contributed by atoms with Gasteiger partial charge < -0.3 is 14.5 Å². The normalized spacial score (nSPS) is 23.8. The van der Waals surface area contributed by atoms with Gasteiger partial charge in [-0.3, -0.25) is 4.90 Å². The van der Waals surface area contributed by atoms with E-state index in [1.54, 1.807) is 6.26 Å². The summed E-state index contributed by atoms with van der Waals surface area (Å²) in [5.74, 6) is 1.49. The van der Waals surface area contributed by atoms with Gasteiger partial charge >= 0.3 is 6.09 Å². The first-order valence-corrected chi connectivity index (χ1v) is 7.56. The summed E-state index contributed by atoms with van der Waals surface area (Å²) in [6.45, 7) is 10.5. The third-order valence-corrected chi connectivity index (χ3v) is 3.42. The number of hydrogen-bond donors (Lipinski definition) is 1. The number of nitrogens with zero attached hydrogens (tertiary/aromatic N) is 1. The van der Waals surface area contributed by atoms with Gasteiger partial charge in [-0.1, -0.05) is 6.92 Å². The molecular weight excluding hydrogens is 268 g/mol. The molecule has 2 rings (SSSR count). The Hall–Kier alpha value is -1.49. The van der Waals surface area contributed by atoms with E-state index in [1.807, 2.05) is 32.9 Å². The second-order valence-electron chi connectivity index (χ2n) is 6.96. The molecule has 0 aliphatic carbocycles. The molecule has 1 fully saturated rings. The second kappa shape index (κ2) is 6.52. The van der Waals surface area contributed by atoms with Crippen molar-refractivity contribution in [2.75, 3.05) is 13.1 Å². The molecule has 1 aromatic rings. The highest BCUT2D eigenvalue weighted by Gasteiger charge is 2.27. The van der Waals surface area contributed by atoms with Crippen LogP contribution >= 0.6 is 0 Å². The monoisotopic (exact) mass is 294 g/mol. The summed E-state index contributed by atoms with van der Waals surface area (Å²) in [5.41, 5.74) is -0.460. The van der Waals surface area contributed by atoms with E-state index in [1.165, 1.54) is 0 Å². The van der Waals surface area contributed by atoms with Gasteiger partial charge in [0.05, 0.1) is 12.8 Å². The number of alkyl carbamates (subject to hydrolysis) is 1. The molecule has 0 unspecified atom stereocenters. The fourth-order valence-corrected chi connectivity index (χ4v) is 2.79. The van der Waals surface area contributed by atoms with Crippen LogP contribution in [0.25, 0.3) is 0 Å². The van der Waals surface area contributed by atoms with Crippen LogP contribution in [0.3, 0.4) is 0 Å². The molecule has 1 amide bonds. The molecule has 1 aliphatic heterocycles. The van der Waals surface area contributed by atoms with Crippen molar-refractivity contribution in [2.45, 2.75) is 52.3 Å². The first-order chi connectivity index (χ1) is 9.82. The van der Waals surface area contributed by atoms with Gasteiger partial charge in [0, 0.05) is 19.1 Å². The van der Waals surface area contributed by atoms with Crippen molar-refractivity contribution in [2.24, 2.45) is 5.92 Å². The van der Waals surface area contributed by atoms with Crippen LogP contribution < -0.4 is 5.32 Å². The van der Waals surface area contributed by atoms with Crippen molar-refractivity contribution in [3.63, 3.8) is 0 Å². The lowest BCUT2D eigenvalue weighted by molar-refractivity contribution is 0.0447. The van der Waals surface area contributed by atoms with E-state index in [9.17, 15) is 4.79 Å². The number of rotatable bonds is 3. The first-order valence-electron chi connectivity index (χ1n) is 7.56. The quantitative estimate of drug-likeness (QED) is 0.931. The number of piperidine rings is 1. The summed E-state index contributed by atoms with van der Waals surface area (Å²) in [6, 6.07) is 4.01. The Labute approximate surface area is 126 Å². The van der Waals surface area contributed by atoms with Crippen LogP contribution in [0, 0.1) is 5.92 Å². The minimum atomic E-state index is -0.460. The van der Waals surface area contributed by atoms with E-state index in [2.05, 4.69) is 17.1 Å². The highest BCUT2D eigenvalue weighted by Crippen LogP contribution is 2.19. The number of amides is 1. The number of furan rings is 1. The van der Waals surface area contributed by atoms with Gasteiger partial charge in [0.2, 0.25) is 0 Å². The number of hydrogen-bond acceptors (Lipinski definition) is 4. The SMILES string of the molecule is C[C@H]1C[C@@H](NC(=O)OC(C)(C)C)CN(Cc2ccco2)C1. The van der Waals surface area contributed by atoms with Crippen LogP contribution in [-0.2, 0) is 11.3 Å². The topological polar surface area (TPSA) is 54.7 Å². The van der Waals surface area contributed by atoms with Crippen molar-refractivity contribution in [3.8, 4) is 0 Å². The lowest BCUT2D eigenvalue weighted by Crippen LogP contribution is -2.50. The molecule has 0 radical (unpaired) electrons. The van der Waals surface area contributed by atoms with Gasteiger partial charge in [-0.25, -0.2) is 4.79 Å². The van der Waals surface area contributed by atoms with Crippen LogP contribution in [0.1, 0.15) is 39.9 Å². The van der Waals surface area contributed by atoms with Crippen molar-refractivity contribution < 1.29 is 13.9 Å². The molecule has 2 heterocycles. The summed E-state index contributed by atoms with van der Waals surface area (Å²) in [4.78, 5) is 14.2. The minimum Gasteiger partial charge on any atom is -0.468 e. The maximum absolute atomic E-state index is 11.9. The summed E-state index contributed by atoms with van der Waals surface area (Å²) in [5, 5.41) is 2.98. The third kappa shape index (κ3) is 5.42. The maximum atomic E-state index is 11.9. The number of likely N-dealkylation sites (tertiary alicyclic amines) is 1. The van der Waals surface area contributed by atoms with E-state index < -0.39 is 5.60 Å². The van der Waals surface area contributed by atoms with Crippen LogP contribution in [0.5, 0.6) is 0 Å². The van der Waals surface area contributed by atoms with Gasteiger partial charge in [0.25, 0.3) is 0 Å². The Morgan fingerprint density at radius 1 is 1.48 bits per heavy atom. The van der Waals surface area contributed by atoms with Crippen LogP contribution in [0.2, 0.25) is 0 Å². The predicted octanol–water partition coefficient (Wildman–Crippen LogP) is 3.01. The van der Waals surface area contributed by atoms with Gasteiger partial charge in [-0.05, 0) is 45.2 Å². The smallest absolute Gasteiger partial charge is 0.407 e. The summed E-state index contributed by atoms with van der Waals surface area (Å²) >= 11 is 0. The van der Waals surface area contributed by atoms with Crippen molar-refractivity contribution >= 4 is 6.09 Å². The molecule has 118 valence electrons. The molecule has 1 saturated heterocycles. The fourth-order valence-electron chi connectivity index (χ4n) is 2.79. The Morgan fingerprint density at radius 2 is 2.24 bits per heavy atom. The molecule has 21 heavy (non-hydrogen) atoms. The Bertz CT molecular complexity index is 451. The molecule has 1 N–H and O–H groups in total. The molecule has 1 aromatic heterocycles. The van der Waals surface area contributed by atoms with Crippen molar-refractivity contribution in [1.82, 2.24) is 10.2 Å². The highest BCUT2D eigenvalue weighted by atomic mass is 16.6. The lowest BCUT2D eigenvalue weighted by atomic mass is 9.96. The second-order valence-corrected chi connectivity index (χ2v) is 6.96. The van der Waals surface area contributed by atoms with E-state index in [4.69, 9.17) is 9.15 Å². The van der Waals surface area contributed by atoms with Gasteiger partial charge in [-0.15, -0.1) is 0 Å². The van der Waals surface area contributed by atoms with Gasteiger partial charge in [0.15, 0.2) is 0 Å². The van der Waals surface area contributed by atoms with E-state index in [-0.39, 0.29) is 12.1 Å². The number of nitrogens with one attached hydrogen (secondary N) is 1. The molecule has 0 saturated carbocycles. The zero-order chi connectivity index (χ0) is 15.5. The minimum absolute atomic E-state index is 0.124. The maximum Gasteiger partial charge on any atom is 0.407 e. The lowest BCUT2D eigenvalue weighted by Gasteiger charge is -2.36. The van der Waals surface area contributed by atoms with Crippen molar-refractivity contribution in [3.05, 3.63) is 24.2 Å². The molecule has 0 bridgehead atoms. The van der Waals surface area contributed by atoms with E-state index in [0.717, 1.165) is 31.8 Å². The van der Waals surface area contributed by atoms with E-state index in [0.29, 0.717) is 5.92 Å². The zero-order valence-electron chi connectivity index (χ0n) is 13.4. The number of ether oxygens (including phenoxy) is 1. The molecular formula is C16H26N2O3. The standard InChI is InChI=1S/C16H26N2O3/c1-12-8-13(17-15(19)21-16(2,3)4)10-18(9-12)11-14-6-5-7-20-14/h5-7,12-13H,8-11H2,1-4H3,(H,17,19)/t12-,13+/m0/s1. The Kier molecular flexibility index (Phi) is 4.93. The third-order valence-electron chi connectivity index (χ3n) is 3.42. The number of carbonyl (C=O) groups is 1. The van der Waals surface area contributed by atoms with Crippen molar-refractivity contribution in [1.29, 1.82) is 0 Å². The van der Waals surface area contributed by atoms with Crippen LogP contribution in [0.4, 0.5) is 4.79 Å². The molecule has 2 atom stereocenters. The average Bonchev–Trinajstić information content (AvgIpc) is 2.77. The Balaban J connectivity index is 1.87. The number of carbonyl (C=O) groups excluding carboxylic acids is 1. The first kappa shape index (κ1) is 15.9. The molecule has 5 heteroatoms. The van der Waals surface area contributed by atoms with Crippen LogP contribution in [-0.4, -0.2) is 35.7 Å². The van der Waals surface area contributed by atoms with Crippen LogP contribution in [0.15, 0.2) is 22.8 Å². The zero-order valence-corrected chi connectivity index (χ0v) is 13.4. The summed E-state index contributed by atoms with van der Waals surface area (Å²) < 4.78 is 10.7. The summed E-state index contributed by atoms with van der Waals surface area (Å²) in [7, 11) is 0. The molecule has 0 aromatic carbocycles. The molecule has 1 aliphatic rings. The molecule has 5 nitrogen and oxygen atoms in total. The largest absolute Gasteiger partial charge is 0.468 e. The predicted molar refractivity (Wildman–Crippen MR) is 80.9 cm³/mol. The molecule has 0 spiro atoms. The van der Waals surface area contributed by atoms with Gasteiger partial charge in [-0.2, -0.15) is 0 Å². The average molecular weight is 294 g/mol. The highest BCUT2D eigenvalue weighted by molar-refractivity contribution is 5.68. The van der Waals surface area contributed by atoms with E-state index >= 15 is 0 Å². The fraction of sp³-hybridized carbons (Fsp3) is 0.688. The Morgan fingerprint density at radius 3 is 2.86 bits per heavy atom. The van der Waals surface area contributed by atoms with Gasteiger partial charge in [0.1, 0.15) is 11.4 Å². The summed E-state index contributed by atoms with van der Waals surface area (Å²) in [6.07, 6.45) is 2.34.